The molecule has 0 radical (unpaired) electrons. The molecule has 18 heavy (non-hydrogen) atoms. The van der Waals surface area contributed by atoms with Crippen molar-refractivity contribution in [2.45, 2.75) is 45.2 Å². The summed E-state index contributed by atoms with van der Waals surface area (Å²) >= 11 is 0. The van der Waals surface area contributed by atoms with Crippen molar-refractivity contribution in [2.75, 3.05) is 0 Å². The molecule has 0 N–H and O–H groups in total. The van der Waals surface area contributed by atoms with Crippen molar-refractivity contribution in [1.29, 1.82) is 0 Å². The smallest absolute Gasteiger partial charge is 0.403 e. The molecule has 2 heterocycles. The number of pyridine rings is 1. The van der Waals surface area contributed by atoms with E-state index in [1.807, 2.05) is 33.8 Å². The van der Waals surface area contributed by atoms with Gasteiger partial charge in [-0.05, 0) is 39.8 Å². The lowest BCUT2D eigenvalue weighted by molar-refractivity contribution is 0.00578. The molecule has 1 fully saturated rings. The lowest BCUT2D eigenvalue weighted by Crippen LogP contribution is -2.41. The van der Waals surface area contributed by atoms with E-state index in [1.54, 1.807) is 12.3 Å². The van der Waals surface area contributed by atoms with Crippen molar-refractivity contribution < 1.29 is 14.1 Å². The highest BCUT2D eigenvalue weighted by molar-refractivity contribution is 6.44. The minimum atomic E-state index is -0.319. The summed E-state index contributed by atoms with van der Waals surface area (Å²) < 4.78 is 11.8. The minimum Gasteiger partial charge on any atom is -0.403 e. The van der Waals surface area contributed by atoms with Gasteiger partial charge >= 0.3 is 7.12 Å². The predicted molar refractivity (Wildman–Crippen MR) is 69.4 cm³/mol. The van der Waals surface area contributed by atoms with Gasteiger partial charge in [-0.2, -0.15) is 0 Å². The molecule has 5 heteroatoms. The molecular weight excluding hydrogens is 229 g/mol. The van der Waals surface area contributed by atoms with Gasteiger partial charge in [0.2, 0.25) is 0 Å². The van der Waals surface area contributed by atoms with Gasteiger partial charge in [-0.3, -0.25) is 9.78 Å². The van der Waals surface area contributed by atoms with Crippen LogP contribution in [0.4, 0.5) is 0 Å². The van der Waals surface area contributed by atoms with Crippen LogP contribution in [0.5, 0.6) is 0 Å². The Hall–Kier alpha value is -1.20. The van der Waals surface area contributed by atoms with Crippen LogP contribution >= 0.6 is 0 Å². The summed E-state index contributed by atoms with van der Waals surface area (Å²) in [5.41, 5.74) is 0.799. The molecule has 0 atom stereocenters. The van der Waals surface area contributed by atoms with Crippen LogP contribution in [0.25, 0.3) is 0 Å². The first kappa shape index (κ1) is 13.2. The molecule has 1 aromatic heterocycles. The van der Waals surface area contributed by atoms with Gasteiger partial charge < -0.3 is 9.31 Å². The number of nitrogens with zero attached hydrogens (tertiary/aromatic N) is 1. The number of carbonyl (C=O) groups is 1. The van der Waals surface area contributed by atoms with Crippen molar-refractivity contribution in [3.8, 4) is 0 Å². The van der Waals surface area contributed by atoms with E-state index in [-0.39, 0.29) is 18.3 Å². The maximum atomic E-state index is 10.5. The summed E-state index contributed by atoms with van der Waals surface area (Å²) in [4.78, 5) is 14.8. The Balaban J connectivity index is 2.05. The largest absolute Gasteiger partial charge is 0.464 e. The molecule has 4 nitrogen and oxygen atoms in total. The van der Waals surface area contributed by atoms with Gasteiger partial charge in [0.1, 0.15) is 0 Å². The maximum absolute atomic E-state index is 10.5. The first-order valence-electron chi connectivity index (χ1n) is 6.10. The number of aromatic nitrogens is 1. The molecule has 0 bridgehead atoms. The monoisotopic (exact) mass is 247 g/mol. The number of carbonyl (C=O) groups excluding carboxylic acids is 1. The lowest BCUT2D eigenvalue weighted by Gasteiger charge is -2.32. The van der Waals surface area contributed by atoms with E-state index in [1.165, 1.54) is 0 Å². The Bertz CT molecular complexity index is 426. The molecule has 1 saturated heterocycles. The second-order valence-corrected chi connectivity index (χ2v) is 5.59. The van der Waals surface area contributed by atoms with E-state index >= 15 is 0 Å². The lowest BCUT2D eigenvalue weighted by atomic mass is 9.83. The third-order valence-electron chi connectivity index (χ3n) is 3.66. The van der Waals surface area contributed by atoms with Crippen LogP contribution < -0.4 is 0 Å². The third-order valence-corrected chi connectivity index (χ3v) is 3.66. The fourth-order valence-corrected chi connectivity index (χ4v) is 1.85. The fraction of sp³-hybridized carbons (Fsp3) is 0.538. The fourth-order valence-electron chi connectivity index (χ4n) is 1.85. The molecule has 0 amide bonds. The quantitative estimate of drug-likeness (QED) is 0.606. The van der Waals surface area contributed by atoms with Crippen molar-refractivity contribution in [3.05, 3.63) is 29.6 Å². The first-order chi connectivity index (χ1) is 8.34. The van der Waals surface area contributed by atoms with Gasteiger partial charge in [0.05, 0.1) is 11.2 Å². The Labute approximate surface area is 108 Å². The van der Waals surface area contributed by atoms with Gasteiger partial charge in [0.15, 0.2) is 6.29 Å². The molecule has 96 valence electrons. The second kappa shape index (κ2) is 4.48. The van der Waals surface area contributed by atoms with E-state index < -0.39 is 0 Å². The van der Waals surface area contributed by atoms with Crippen LogP contribution in [0.3, 0.4) is 0 Å². The molecule has 0 aromatic carbocycles. The first-order valence-corrected chi connectivity index (χ1v) is 6.10. The molecule has 0 saturated carbocycles. The molecule has 0 spiro atoms. The highest BCUT2D eigenvalue weighted by Crippen LogP contribution is 2.37. The van der Waals surface area contributed by atoms with Crippen molar-refractivity contribution in [1.82, 2.24) is 4.98 Å². The number of aldehydes is 1. The standard InChI is InChI=1S/C13H18BNO3/c1-12(2)13(3,4)18-14(17-12)7-11-6-5-10(9-16)8-15-11/h5-6,8-9H,7H2,1-4H3. The predicted octanol–water partition coefficient (Wildman–Crippen LogP) is 2.07. The molecule has 1 aromatic rings. The van der Waals surface area contributed by atoms with Crippen molar-refractivity contribution >= 4 is 13.4 Å². The van der Waals surface area contributed by atoms with Crippen LogP contribution in [0, 0.1) is 0 Å². The topological polar surface area (TPSA) is 48.4 Å². The zero-order valence-corrected chi connectivity index (χ0v) is 11.3. The van der Waals surface area contributed by atoms with Gasteiger partial charge in [0, 0.05) is 23.8 Å². The average Bonchev–Trinajstić information content (AvgIpc) is 2.48. The molecule has 0 aliphatic carbocycles. The summed E-state index contributed by atoms with van der Waals surface area (Å²) in [6.45, 7) is 8.09. The van der Waals surface area contributed by atoms with Crippen molar-refractivity contribution in [2.24, 2.45) is 0 Å². The number of hydrogen-bond acceptors (Lipinski definition) is 4. The van der Waals surface area contributed by atoms with Gasteiger partial charge in [-0.25, -0.2) is 0 Å². The zero-order valence-electron chi connectivity index (χ0n) is 11.3. The van der Waals surface area contributed by atoms with Crippen LogP contribution in [0.2, 0.25) is 0 Å². The summed E-state index contributed by atoms with van der Waals surface area (Å²) in [6, 6.07) is 3.58. The van der Waals surface area contributed by atoms with Crippen LogP contribution in [0.1, 0.15) is 43.7 Å². The van der Waals surface area contributed by atoms with Crippen LogP contribution in [-0.4, -0.2) is 29.6 Å². The van der Waals surface area contributed by atoms with E-state index in [0.717, 1.165) is 12.0 Å². The highest BCUT2D eigenvalue weighted by atomic mass is 16.7. The normalized spacial score (nSPS) is 21.0. The number of rotatable bonds is 3. The summed E-state index contributed by atoms with van der Waals surface area (Å²) in [7, 11) is -0.287. The molecular formula is C13H18BNO3. The molecule has 1 aliphatic rings. The van der Waals surface area contributed by atoms with E-state index in [0.29, 0.717) is 11.9 Å². The minimum absolute atomic E-state index is 0.287. The summed E-state index contributed by atoms with van der Waals surface area (Å²) in [5, 5.41) is 0. The molecule has 2 rings (SSSR count). The maximum Gasteiger partial charge on any atom is 0.464 e. The van der Waals surface area contributed by atoms with Gasteiger partial charge in [0.25, 0.3) is 0 Å². The summed E-state index contributed by atoms with van der Waals surface area (Å²) in [5.74, 6) is 0. The zero-order chi connectivity index (χ0) is 13.4. The van der Waals surface area contributed by atoms with Crippen LogP contribution in [0.15, 0.2) is 18.3 Å². The van der Waals surface area contributed by atoms with Gasteiger partial charge in [-0.15, -0.1) is 0 Å². The van der Waals surface area contributed by atoms with Crippen LogP contribution in [-0.2, 0) is 15.6 Å². The molecule has 1 aliphatic heterocycles. The SMILES string of the molecule is CC1(C)OB(Cc2ccc(C=O)cn2)OC1(C)C. The van der Waals surface area contributed by atoms with Crippen molar-refractivity contribution in [3.63, 3.8) is 0 Å². The second-order valence-electron chi connectivity index (χ2n) is 5.59. The Morgan fingerprint density at radius 1 is 1.22 bits per heavy atom. The van der Waals surface area contributed by atoms with E-state index in [9.17, 15) is 4.79 Å². The average molecular weight is 247 g/mol. The third kappa shape index (κ3) is 2.47. The Kier molecular flexibility index (Phi) is 3.30. The Morgan fingerprint density at radius 3 is 2.28 bits per heavy atom. The highest BCUT2D eigenvalue weighted by Gasteiger charge is 2.50. The van der Waals surface area contributed by atoms with E-state index in [2.05, 4.69) is 4.98 Å². The molecule has 0 unspecified atom stereocenters. The number of hydrogen-bond donors (Lipinski definition) is 0. The van der Waals surface area contributed by atoms with Gasteiger partial charge in [-0.1, -0.05) is 0 Å². The summed E-state index contributed by atoms with van der Waals surface area (Å²) in [6.07, 6.45) is 2.94. The Morgan fingerprint density at radius 2 is 1.83 bits per heavy atom. The van der Waals surface area contributed by atoms with E-state index in [4.69, 9.17) is 9.31 Å².